The van der Waals surface area contributed by atoms with Gasteiger partial charge in [0.15, 0.2) is 0 Å². The third-order valence-electron chi connectivity index (χ3n) is 2.61. The molecule has 0 aromatic heterocycles. The molecule has 5 heteroatoms. The molecule has 0 aliphatic heterocycles. The van der Waals surface area contributed by atoms with Crippen LogP contribution in [0.3, 0.4) is 0 Å². The summed E-state index contributed by atoms with van der Waals surface area (Å²) in [5.74, 6) is 0. The van der Waals surface area contributed by atoms with Crippen molar-refractivity contribution in [3.05, 3.63) is 0 Å². The maximum Gasteiger partial charge on any atom is -1.00 e. The first kappa shape index (κ1) is 22.3. The Bertz CT molecular complexity index is 135. The van der Waals surface area contributed by atoms with Gasteiger partial charge in [-0.3, -0.25) is 0 Å². The maximum absolute atomic E-state index is 2.42. The minimum Gasteiger partial charge on any atom is -1.00 e. The first-order valence-electron chi connectivity index (χ1n) is 5.06. The molecule has 91 valence electrons. The van der Waals surface area contributed by atoms with Crippen molar-refractivity contribution in [2.75, 3.05) is 13.3 Å². The van der Waals surface area contributed by atoms with Gasteiger partial charge in [0.05, 0.1) is 0 Å². The molecule has 3 atom stereocenters. The Hall–Kier alpha value is 2.15. The molecule has 0 spiro atoms. The zero-order valence-electron chi connectivity index (χ0n) is 10.2. The average molecular weight is 324 g/mol. The normalized spacial score (nSPS) is 24.3. The van der Waals surface area contributed by atoms with Crippen LogP contribution in [0.4, 0.5) is 0 Å². The Labute approximate surface area is 123 Å². The minimum atomic E-state index is 0. The number of hydrogen-bond acceptors (Lipinski definition) is 0. The molecule has 3 unspecified atom stereocenters. The Morgan fingerprint density at radius 1 is 1.20 bits per heavy atom. The number of rotatable bonds is 1. The van der Waals surface area contributed by atoms with Crippen LogP contribution in [0.15, 0.2) is 0 Å². The number of halogens is 2. The fraction of sp³-hybridized carbons (Fsp3) is 1.00. The smallest absolute Gasteiger partial charge is 1.00 e. The summed E-state index contributed by atoms with van der Waals surface area (Å²) < 4.78 is 0. The average Bonchev–Trinajstić information content (AvgIpc) is 2.04. The summed E-state index contributed by atoms with van der Waals surface area (Å²) in [6, 6.07) is 0. The van der Waals surface area contributed by atoms with Gasteiger partial charge >= 0.3 is 33.2 Å². The SMILES string of the molecule is CPC1CCCC(C)(C)C1.C[PH][Ti+2].[Cl-].[Cl-]. The molecule has 1 aliphatic rings. The molecule has 0 heterocycles. The van der Waals surface area contributed by atoms with Crippen LogP contribution in [0.2, 0.25) is 0 Å². The van der Waals surface area contributed by atoms with E-state index >= 15 is 0 Å². The van der Waals surface area contributed by atoms with Crippen LogP contribution < -0.4 is 24.8 Å². The predicted molar refractivity (Wildman–Crippen MR) is 64.5 cm³/mol. The summed E-state index contributed by atoms with van der Waals surface area (Å²) in [7, 11) is 1.17. The molecule has 1 rings (SSSR count). The van der Waals surface area contributed by atoms with Crippen molar-refractivity contribution in [1.29, 1.82) is 0 Å². The Morgan fingerprint density at radius 3 is 1.93 bits per heavy atom. The van der Waals surface area contributed by atoms with Gasteiger partial charge < -0.3 is 24.8 Å². The summed E-state index contributed by atoms with van der Waals surface area (Å²) >= 11 is 2.15. The van der Waals surface area contributed by atoms with Crippen molar-refractivity contribution in [2.45, 2.75) is 45.2 Å². The molecule has 0 nitrogen and oxygen atoms in total. The molecule has 0 N–H and O–H groups in total. The van der Waals surface area contributed by atoms with Crippen molar-refractivity contribution >= 4 is 15.2 Å². The summed E-state index contributed by atoms with van der Waals surface area (Å²) in [5, 5.41) is 0. The van der Waals surface area contributed by atoms with Crippen LogP contribution in [0.5, 0.6) is 0 Å². The van der Waals surface area contributed by atoms with Crippen LogP contribution in [0.25, 0.3) is 0 Å². The van der Waals surface area contributed by atoms with E-state index in [-0.39, 0.29) is 24.8 Å². The predicted octanol–water partition coefficient (Wildman–Crippen LogP) is -1.97. The topological polar surface area (TPSA) is 0 Å². The van der Waals surface area contributed by atoms with E-state index in [0.717, 1.165) is 12.2 Å². The molecular weight excluding hydrogens is 301 g/mol. The van der Waals surface area contributed by atoms with Crippen molar-refractivity contribution in [2.24, 2.45) is 5.41 Å². The van der Waals surface area contributed by atoms with Gasteiger partial charge in [-0.2, -0.15) is 0 Å². The van der Waals surface area contributed by atoms with E-state index in [1.165, 1.54) is 34.3 Å². The quantitative estimate of drug-likeness (QED) is 0.388. The van der Waals surface area contributed by atoms with E-state index in [2.05, 4.69) is 47.1 Å². The minimum absolute atomic E-state index is 0. The summed E-state index contributed by atoms with van der Waals surface area (Å²) in [5.41, 5.74) is 1.72. The van der Waals surface area contributed by atoms with Gasteiger partial charge in [-0.05, 0) is 37.0 Å². The van der Waals surface area contributed by atoms with E-state index in [0.29, 0.717) is 5.41 Å². The fourth-order valence-corrected chi connectivity index (χ4v) is 3.19. The van der Waals surface area contributed by atoms with Crippen molar-refractivity contribution < 1.29 is 44.7 Å². The van der Waals surface area contributed by atoms with Crippen LogP contribution >= 0.6 is 15.2 Å². The van der Waals surface area contributed by atoms with Gasteiger partial charge in [0.1, 0.15) is 0 Å². The standard InChI is InChI=1S/C9H19P.CH4P.2ClH.Ti/c1-9(2)6-4-5-8(7-9)10-3;1-2;;;/h8,10H,4-7H2,1-3H3;2H,1H3;2*1H;/q;-1;;;+3/p-2. The van der Waals surface area contributed by atoms with Crippen LogP contribution in [0.1, 0.15) is 39.5 Å². The van der Waals surface area contributed by atoms with E-state index in [1.54, 1.807) is 0 Å². The molecule has 1 aliphatic carbocycles. The van der Waals surface area contributed by atoms with Crippen molar-refractivity contribution in [3.63, 3.8) is 0 Å². The molecule has 0 aromatic rings. The molecule has 0 amide bonds. The summed E-state index contributed by atoms with van der Waals surface area (Å²) in [6.45, 7) is 10.4. The second kappa shape index (κ2) is 12.6. The first-order chi connectivity index (χ1) is 6.05. The molecule has 1 saturated carbocycles. The van der Waals surface area contributed by atoms with Gasteiger partial charge in [-0.15, -0.1) is 8.58 Å². The summed E-state index contributed by atoms with van der Waals surface area (Å²) in [4.78, 5) is 0. The van der Waals surface area contributed by atoms with E-state index in [4.69, 9.17) is 0 Å². The largest absolute Gasteiger partial charge is 1.00 e. The molecule has 0 saturated heterocycles. The monoisotopic (exact) mass is 323 g/mol. The van der Waals surface area contributed by atoms with Crippen LogP contribution in [-0.2, 0) is 19.9 Å². The third kappa shape index (κ3) is 12.4. The zero-order chi connectivity index (χ0) is 10.3. The second-order valence-electron chi connectivity index (χ2n) is 4.50. The molecule has 0 aromatic carbocycles. The second-order valence-corrected chi connectivity index (χ2v) is 8.73. The van der Waals surface area contributed by atoms with Gasteiger partial charge in [0.25, 0.3) is 0 Å². The molecule has 1 fully saturated rings. The van der Waals surface area contributed by atoms with E-state index in [9.17, 15) is 0 Å². The van der Waals surface area contributed by atoms with Crippen LogP contribution in [0, 0.1) is 5.41 Å². The molecule has 0 bridgehead atoms. The van der Waals surface area contributed by atoms with E-state index < -0.39 is 0 Å². The Morgan fingerprint density at radius 2 is 1.67 bits per heavy atom. The molecular formula is C10H23Cl2P2Ti. The Balaban J connectivity index is -0.000000260. The van der Waals surface area contributed by atoms with E-state index in [1.807, 2.05) is 0 Å². The first-order valence-corrected chi connectivity index (χ1v) is 10.5. The Kier molecular flexibility index (Phi) is 18.8. The molecule has 15 heavy (non-hydrogen) atoms. The maximum atomic E-state index is 2.42. The van der Waals surface area contributed by atoms with Crippen LogP contribution in [-0.4, -0.2) is 19.0 Å². The van der Waals surface area contributed by atoms with Gasteiger partial charge in [0, 0.05) is 0 Å². The fourth-order valence-electron chi connectivity index (χ4n) is 1.94. The van der Waals surface area contributed by atoms with Gasteiger partial charge in [-0.1, -0.05) is 20.3 Å². The van der Waals surface area contributed by atoms with Gasteiger partial charge in [0.2, 0.25) is 0 Å². The van der Waals surface area contributed by atoms with Crippen molar-refractivity contribution in [1.82, 2.24) is 0 Å². The summed E-state index contributed by atoms with van der Waals surface area (Å²) in [6.07, 6.45) is 5.90. The molecule has 0 radical (unpaired) electrons. The zero-order valence-corrected chi connectivity index (χ0v) is 15.2. The van der Waals surface area contributed by atoms with Crippen molar-refractivity contribution in [3.8, 4) is 0 Å². The number of hydrogen-bond donors (Lipinski definition) is 0. The van der Waals surface area contributed by atoms with Gasteiger partial charge in [-0.25, -0.2) is 0 Å². The third-order valence-corrected chi connectivity index (χ3v) is 3.92.